The lowest BCUT2D eigenvalue weighted by atomic mass is 10.0. The first-order chi connectivity index (χ1) is 15.2. The zero-order chi connectivity index (χ0) is 21.2. The topological polar surface area (TPSA) is 73.8 Å². The predicted octanol–water partition coefficient (Wildman–Crippen LogP) is 4.83. The summed E-state index contributed by atoms with van der Waals surface area (Å²) in [5.41, 5.74) is 4.32. The molecule has 31 heavy (non-hydrogen) atoms. The summed E-state index contributed by atoms with van der Waals surface area (Å²) in [7, 11) is 0. The molecule has 1 unspecified atom stereocenters. The van der Waals surface area contributed by atoms with Crippen LogP contribution < -0.4 is 0 Å². The van der Waals surface area contributed by atoms with E-state index in [1.807, 2.05) is 41.8 Å². The second-order valence-corrected chi connectivity index (χ2v) is 8.98. The molecule has 0 saturated carbocycles. The Balaban J connectivity index is 1.43. The number of carbonyl (C=O) groups is 1. The summed E-state index contributed by atoms with van der Waals surface area (Å²) in [6.07, 6.45) is 8.48. The summed E-state index contributed by atoms with van der Waals surface area (Å²) in [4.78, 5) is 17.3. The van der Waals surface area contributed by atoms with E-state index in [1.165, 1.54) is 29.3 Å². The van der Waals surface area contributed by atoms with Gasteiger partial charge in [-0.25, -0.2) is 0 Å². The maximum Gasteiger partial charge on any atom is 0.192 e. The summed E-state index contributed by atoms with van der Waals surface area (Å²) in [5, 5.41) is 9.19. The van der Waals surface area contributed by atoms with Crippen LogP contribution in [0.4, 0.5) is 0 Å². The van der Waals surface area contributed by atoms with E-state index in [1.54, 1.807) is 18.7 Å². The Hall–Kier alpha value is -3.19. The van der Waals surface area contributed by atoms with Crippen LogP contribution in [0.5, 0.6) is 0 Å². The molecule has 0 radical (unpaired) electrons. The van der Waals surface area contributed by atoms with Gasteiger partial charge < -0.3 is 4.42 Å². The van der Waals surface area contributed by atoms with Crippen molar-refractivity contribution in [1.29, 1.82) is 0 Å². The standard InChI is InChI=1S/C24H22N4O2S/c1-16(22(29)19-10-9-17-5-2-6-18(17)13-19)31-24-27-26-23(20-7-3-11-25-14-20)28(24)15-21-8-4-12-30-21/h3-4,7-14,16H,2,5-6,15H2,1H3. The second kappa shape index (κ2) is 8.51. The molecule has 1 aliphatic carbocycles. The van der Waals surface area contributed by atoms with E-state index in [9.17, 15) is 4.79 Å². The first-order valence-electron chi connectivity index (χ1n) is 10.4. The number of pyridine rings is 1. The Bertz CT molecular complexity index is 1200. The van der Waals surface area contributed by atoms with Gasteiger partial charge in [0.05, 0.1) is 18.1 Å². The molecule has 5 rings (SSSR count). The molecule has 4 aromatic rings. The van der Waals surface area contributed by atoms with Crippen LogP contribution in [-0.2, 0) is 19.4 Å². The number of aromatic nitrogens is 4. The van der Waals surface area contributed by atoms with E-state index in [2.05, 4.69) is 27.3 Å². The van der Waals surface area contributed by atoms with Gasteiger partial charge in [0.25, 0.3) is 0 Å². The van der Waals surface area contributed by atoms with Crippen molar-refractivity contribution in [2.75, 3.05) is 0 Å². The van der Waals surface area contributed by atoms with Crippen LogP contribution in [0.2, 0.25) is 0 Å². The molecule has 6 nitrogen and oxygen atoms in total. The molecule has 0 aliphatic heterocycles. The number of benzene rings is 1. The number of hydrogen-bond donors (Lipinski definition) is 0. The van der Waals surface area contributed by atoms with E-state index < -0.39 is 0 Å². The minimum atomic E-state index is -0.291. The lowest BCUT2D eigenvalue weighted by Crippen LogP contribution is -2.15. The van der Waals surface area contributed by atoms with Crippen molar-refractivity contribution in [3.63, 3.8) is 0 Å². The van der Waals surface area contributed by atoms with Crippen molar-refractivity contribution in [2.45, 2.75) is 43.1 Å². The second-order valence-electron chi connectivity index (χ2n) is 7.67. The zero-order valence-electron chi connectivity index (χ0n) is 17.2. The lowest BCUT2D eigenvalue weighted by molar-refractivity contribution is 0.0993. The third-order valence-electron chi connectivity index (χ3n) is 5.57. The summed E-state index contributed by atoms with van der Waals surface area (Å²) in [5.74, 6) is 1.60. The minimum Gasteiger partial charge on any atom is -0.467 e. The fourth-order valence-corrected chi connectivity index (χ4v) is 4.88. The van der Waals surface area contributed by atoms with Crippen LogP contribution in [-0.4, -0.2) is 30.8 Å². The molecule has 0 spiro atoms. The van der Waals surface area contributed by atoms with Crippen molar-refractivity contribution >= 4 is 17.5 Å². The largest absolute Gasteiger partial charge is 0.467 e. The smallest absolute Gasteiger partial charge is 0.192 e. The van der Waals surface area contributed by atoms with Gasteiger partial charge in [0.1, 0.15) is 5.76 Å². The normalized spacial score (nSPS) is 13.8. The third-order valence-corrected chi connectivity index (χ3v) is 6.65. The number of thioether (sulfide) groups is 1. The number of carbonyl (C=O) groups excluding carboxylic acids is 1. The Kier molecular flexibility index (Phi) is 5.42. The van der Waals surface area contributed by atoms with Crippen LogP contribution in [0, 0.1) is 0 Å². The first kappa shape index (κ1) is 19.8. The molecular formula is C24H22N4O2S. The minimum absolute atomic E-state index is 0.107. The van der Waals surface area contributed by atoms with Crippen molar-refractivity contribution in [2.24, 2.45) is 0 Å². The van der Waals surface area contributed by atoms with Gasteiger partial charge in [-0.2, -0.15) is 0 Å². The predicted molar refractivity (Wildman–Crippen MR) is 119 cm³/mol. The molecule has 7 heteroatoms. The average Bonchev–Trinajstić information content (AvgIpc) is 3.55. The molecule has 3 heterocycles. The highest BCUT2D eigenvalue weighted by Crippen LogP contribution is 2.30. The van der Waals surface area contributed by atoms with E-state index in [4.69, 9.17) is 4.42 Å². The number of rotatable bonds is 7. The maximum absolute atomic E-state index is 13.1. The van der Waals surface area contributed by atoms with Crippen LogP contribution in [0.3, 0.4) is 0 Å². The van der Waals surface area contributed by atoms with Gasteiger partial charge in [0.2, 0.25) is 0 Å². The van der Waals surface area contributed by atoms with Crippen LogP contribution in [0.1, 0.15) is 40.6 Å². The number of furan rings is 1. The van der Waals surface area contributed by atoms with Crippen molar-refractivity contribution < 1.29 is 9.21 Å². The van der Waals surface area contributed by atoms with Gasteiger partial charge in [-0.15, -0.1) is 10.2 Å². The molecule has 0 fully saturated rings. The van der Waals surface area contributed by atoms with E-state index in [-0.39, 0.29) is 11.0 Å². The maximum atomic E-state index is 13.1. The van der Waals surface area contributed by atoms with E-state index >= 15 is 0 Å². The molecule has 0 bridgehead atoms. The SMILES string of the molecule is CC(Sc1nnc(-c2cccnc2)n1Cc1ccco1)C(=O)c1ccc2c(c1)CCC2. The van der Waals surface area contributed by atoms with E-state index in [0.717, 1.165) is 29.7 Å². The molecule has 0 saturated heterocycles. The monoisotopic (exact) mass is 430 g/mol. The van der Waals surface area contributed by atoms with Crippen LogP contribution in [0.25, 0.3) is 11.4 Å². The van der Waals surface area contributed by atoms with Crippen LogP contribution >= 0.6 is 11.8 Å². The fraction of sp³-hybridized carbons (Fsp3) is 0.250. The Labute approximate surface area is 184 Å². The molecule has 0 amide bonds. The van der Waals surface area contributed by atoms with Gasteiger partial charge in [-0.1, -0.05) is 23.9 Å². The molecule has 1 aliphatic rings. The van der Waals surface area contributed by atoms with Gasteiger partial charge in [-0.3, -0.25) is 14.3 Å². The summed E-state index contributed by atoms with van der Waals surface area (Å²) >= 11 is 1.42. The van der Waals surface area contributed by atoms with Crippen molar-refractivity contribution in [1.82, 2.24) is 19.7 Å². The number of aryl methyl sites for hydroxylation is 2. The van der Waals surface area contributed by atoms with Gasteiger partial charge in [-0.05, 0) is 67.6 Å². The number of Topliss-reactive ketones (excluding diaryl/α,β-unsaturated/α-hetero) is 1. The quantitative estimate of drug-likeness (QED) is 0.309. The molecular weight excluding hydrogens is 408 g/mol. The first-order valence-corrected chi connectivity index (χ1v) is 11.3. The van der Waals surface area contributed by atoms with Crippen molar-refractivity contribution in [3.05, 3.63) is 83.6 Å². The molecule has 1 atom stereocenters. The van der Waals surface area contributed by atoms with E-state index in [0.29, 0.717) is 17.5 Å². The lowest BCUT2D eigenvalue weighted by Gasteiger charge is -2.13. The van der Waals surface area contributed by atoms with Crippen LogP contribution in [0.15, 0.2) is 70.7 Å². The zero-order valence-corrected chi connectivity index (χ0v) is 18.0. The fourth-order valence-electron chi connectivity index (χ4n) is 3.96. The highest BCUT2D eigenvalue weighted by atomic mass is 32.2. The molecule has 1 aromatic carbocycles. The Morgan fingerprint density at radius 3 is 2.87 bits per heavy atom. The summed E-state index contributed by atoms with van der Waals surface area (Å²) in [6.45, 7) is 2.40. The average molecular weight is 431 g/mol. The third kappa shape index (κ3) is 4.05. The van der Waals surface area contributed by atoms with Gasteiger partial charge in [0.15, 0.2) is 16.8 Å². The summed E-state index contributed by atoms with van der Waals surface area (Å²) in [6, 6.07) is 13.7. The van der Waals surface area contributed by atoms with Crippen molar-refractivity contribution in [3.8, 4) is 11.4 Å². The van der Waals surface area contributed by atoms with Gasteiger partial charge in [0, 0.05) is 23.5 Å². The molecule has 0 N–H and O–H groups in total. The number of nitrogens with zero attached hydrogens (tertiary/aromatic N) is 4. The molecule has 156 valence electrons. The Morgan fingerprint density at radius 2 is 2.06 bits per heavy atom. The highest BCUT2D eigenvalue weighted by Gasteiger charge is 2.23. The Morgan fingerprint density at radius 1 is 1.16 bits per heavy atom. The number of fused-ring (bicyclic) bond motifs is 1. The number of hydrogen-bond acceptors (Lipinski definition) is 6. The number of ketones is 1. The molecule has 3 aromatic heterocycles. The summed E-state index contributed by atoms with van der Waals surface area (Å²) < 4.78 is 7.53. The van der Waals surface area contributed by atoms with Gasteiger partial charge >= 0.3 is 0 Å². The highest BCUT2D eigenvalue weighted by molar-refractivity contribution is 8.00.